The molecule has 1 aliphatic heterocycles. The number of rotatable bonds is 3. The van der Waals surface area contributed by atoms with Crippen LogP contribution in [0.3, 0.4) is 0 Å². The molecule has 3 aliphatic rings. The van der Waals surface area contributed by atoms with Gasteiger partial charge in [0.25, 0.3) is 0 Å². The first-order valence-corrected chi connectivity index (χ1v) is 9.76. The van der Waals surface area contributed by atoms with E-state index in [0.29, 0.717) is 35.5 Å². The van der Waals surface area contributed by atoms with Crippen molar-refractivity contribution in [2.45, 2.75) is 38.1 Å². The van der Waals surface area contributed by atoms with Crippen LogP contribution in [-0.4, -0.2) is 35.7 Å². The monoisotopic (exact) mass is 360 g/mol. The van der Waals surface area contributed by atoms with E-state index in [0.717, 1.165) is 25.7 Å². The minimum absolute atomic E-state index is 0.000992. The summed E-state index contributed by atoms with van der Waals surface area (Å²) in [6, 6.07) is 7.13. The number of nitrogens with zero attached hydrogens (tertiary/aromatic N) is 1. The number of nitrogens with two attached hydrogens (primary N) is 1. The molecule has 4 rings (SSSR count). The second-order valence-electron chi connectivity index (χ2n) is 7.91. The molecule has 1 amide bonds. The zero-order chi connectivity index (χ0) is 17.6. The zero-order valence-electron chi connectivity index (χ0n) is 14.4. The van der Waals surface area contributed by atoms with Crippen LogP contribution in [0.2, 0.25) is 5.02 Å². The van der Waals surface area contributed by atoms with E-state index in [4.69, 9.17) is 17.3 Å². The zero-order valence-corrected chi connectivity index (χ0v) is 15.1. The van der Waals surface area contributed by atoms with Gasteiger partial charge in [-0.3, -0.25) is 9.59 Å². The molecule has 3 fully saturated rings. The highest BCUT2D eigenvalue weighted by Crippen LogP contribution is 2.48. The molecule has 1 aromatic rings. The molecule has 4 nitrogen and oxygen atoms in total. The maximum Gasteiger partial charge on any atom is 0.227 e. The number of halogens is 1. The van der Waals surface area contributed by atoms with Crippen LogP contribution in [0.5, 0.6) is 0 Å². The van der Waals surface area contributed by atoms with Crippen LogP contribution >= 0.6 is 11.6 Å². The van der Waals surface area contributed by atoms with Crippen molar-refractivity contribution in [3.63, 3.8) is 0 Å². The fraction of sp³-hybridized carbons (Fsp3) is 0.600. The van der Waals surface area contributed by atoms with Crippen LogP contribution in [-0.2, 0) is 4.79 Å². The number of benzene rings is 1. The van der Waals surface area contributed by atoms with E-state index < -0.39 is 0 Å². The smallest absolute Gasteiger partial charge is 0.227 e. The molecule has 2 saturated carbocycles. The van der Waals surface area contributed by atoms with Crippen molar-refractivity contribution >= 4 is 23.3 Å². The summed E-state index contributed by atoms with van der Waals surface area (Å²) in [5, 5.41) is 0.638. The molecular formula is C20H25ClN2O2. The van der Waals surface area contributed by atoms with Crippen LogP contribution < -0.4 is 5.73 Å². The van der Waals surface area contributed by atoms with Gasteiger partial charge >= 0.3 is 0 Å². The van der Waals surface area contributed by atoms with E-state index in [1.807, 2.05) is 4.90 Å². The van der Waals surface area contributed by atoms with Crippen molar-refractivity contribution in [2.75, 3.05) is 13.1 Å². The van der Waals surface area contributed by atoms with Crippen molar-refractivity contribution in [1.29, 1.82) is 0 Å². The number of likely N-dealkylation sites (tertiary alicyclic amines) is 1. The van der Waals surface area contributed by atoms with Crippen molar-refractivity contribution in [2.24, 2.45) is 29.4 Å². The Labute approximate surface area is 153 Å². The lowest BCUT2D eigenvalue weighted by Gasteiger charge is -2.36. The van der Waals surface area contributed by atoms with E-state index in [2.05, 4.69) is 0 Å². The average molecular weight is 361 g/mol. The van der Waals surface area contributed by atoms with Crippen LogP contribution in [0.1, 0.15) is 42.5 Å². The van der Waals surface area contributed by atoms with Gasteiger partial charge in [-0.1, -0.05) is 11.6 Å². The summed E-state index contributed by atoms with van der Waals surface area (Å²) < 4.78 is 0. The number of carbonyl (C=O) groups excluding carboxylic acids is 2. The number of fused-ring (bicyclic) bond motifs is 2. The second-order valence-corrected chi connectivity index (χ2v) is 8.34. The standard InChI is InChI=1S/C20H25ClN2O2/c21-16-5-3-12(4-6-16)19(24)13-7-9-23(10-8-13)20(25)17-14-1-2-15(11-14)18(17)22/h3-6,13-15,17-18H,1-2,7-11,22H2. The molecule has 1 heterocycles. The Morgan fingerprint density at radius 2 is 1.64 bits per heavy atom. The molecule has 134 valence electrons. The normalized spacial score (nSPS) is 32.2. The minimum Gasteiger partial charge on any atom is -0.342 e. The van der Waals surface area contributed by atoms with Gasteiger partial charge in [0.2, 0.25) is 5.91 Å². The fourth-order valence-corrected chi connectivity index (χ4v) is 5.25. The summed E-state index contributed by atoms with van der Waals surface area (Å²) >= 11 is 5.89. The molecule has 4 unspecified atom stereocenters. The lowest BCUT2D eigenvalue weighted by atomic mass is 9.82. The third-order valence-corrected chi connectivity index (χ3v) is 6.82. The molecule has 4 atom stereocenters. The topological polar surface area (TPSA) is 63.4 Å². The van der Waals surface area contributed by atoms with Gasteiger partial charge in [0.05, 0.1) is 5.92 Å². The highest BCUT2D eigenvalue weighted by Gasteiger charge is 2.50. The third kappa shape index (κ3) is 3.11. The van der Waals surface area contributed by atoms with Gasteiger partial charge in [-0.25, -0.2) is 0 Å². The maximum atomic E-state index is 12.9. The third-order valence-electron chi connectivity index (χ3n) is 6.57. The number of hydrogen-bond acceptors (Lipinski definition) is 3. The van der Waals surface area contributed by atoms with Crippen molar-refractivity contribution < 1.29 is 9.59 Å². The molecule has 2 aliphatic carbocycles. The molecule has 0 radical (unpaired) electrons. The molecule has 5 heteroatoms. The van der Waals surface area contributed by atoms with E-state index in [-0.39, 0.29) is 29.6 Å². The summed E-state index contributed by atoms with van der Waals surface area (Å²) in [4.78, 5) is 27.5. The quantitative estimate of drug-likeness (QED) is 0.842. The Kier molecular flexibility index (Phi) is 4.59. The first-order valence-electron chi connectivity index (χ1n) is 9.38. The Hall–Kier alpha value is -1.39. The number of amides is 1. The molecule has 1 saturated heterocycles. The highest BCUT2D eigenvalue weighted by atomic mass is 35.5. The van der Waals surface area contributed by atoms with E-state index in [1.54, 1.807) is 24.3 Å². The maximum absolute atomic E-state index is 12.9. The van der Waals surface area contributed by atoms with Gasteiger partial charge in [-0.15, -0.1) is 0 Å². The molecule has 0 spiro atoms. The Bertz CT molecular complexity index is 665. The van der Waals surface area contributed by atoms with Crippen LogP contribution in [0.15, 0.2) is 24.3 Å². The molecule has 25 heavy (non-hydrogen) atoms. The molecule has 2 N–H and O–H groups in total. The Morgan fingerprint density at radius 3 is 2.24 bits per heavy atom. The summed E-state index contributed by atoms with van der Waals surface area (Å²) in [6.07, 6.45) is 4.95. The Morgan fingerprint density at radius 1 is 1.00 bits per heavy atom. The number of piperidine rings is 1. The predicted octanol–water partition coefficient (Wildman–Crippen LogP) is 3.13. The van der Waals surface area contributed by atoms with Gasteiger partial charge in [-0.05, 0) is 68.2 Å². The lowest BCUT2D eigenvalue weighted by molar-refractivity contribution is -0.139. The molecule has 1 aromatic carbocycles. The molecule has 0 aromatic heterocycles. The van der Waals surface area contributed by atoms with E-state index in [9.17, 15) is 9.59 Å². The number of ketones is 1. The molecule has 2 bridgehead atoms. The first-order chi connectivity index (χ1) is 12.0. The van der Waals surface area contributed by atoms with Crippen molar-refractivity contribution in [1.82, 2.24) is 4.90 Å². The van der Waals surface area contributed by atoms with Gasteiger partial charge < -0.3 is 10.6 Å². The van der Waals surface area contributed by atoms with Crippen LogP contribution in [0, 0.1) is 23.7 Å². The highest BCUT2D eigenvalue weighted by molar-refractivity contribution is 6.30. The number of hydrogen-bond donors (Lipinski definition) is 1. The average Bonchev–Trinajstić information content (AvgIpc) is 3.22. The van der Waals surface area contributed by atoms with E-state index in [1.165, 1.54) is 6.42 Å². The second kappa shape index (κ2) is 6.73. The SMILES string of the molecule is NC1C2CCC(C2)C1C(=O)N1CCC(C(=O)c2ccc(Cl)cc2)CC1. The summed E-state index contributed by atoms with van der Waals surface area (Å²) in [5.41, 5.74) is 7.04. The molecular weight excluding hydrogens is 336 g/mol. The van der Waals surface area contributed by atoms with Crippen LogP contribution in [0.25, 0.3) is 0 Å². The van der Waals surface area contributed by atoms with Gasteiger partial charge in [0.1, 0.15) is 0 Å². The predicted molar refractivity (Wildman–Crippen MR) is 97.4 cm³/mol. The summed E-state index contributed by atoms with van der Waals surface area (Å²) in [7, 11) is 0. The van der Waals surface area contributed by atoms with Gasteiger partial charge in [0.15, 0.2) is 5.78 Å². The largest absolute Gasteiger partial charge is 0.342 e. The minimum atomic E-state index is -0.000992. The lowest BCUT2D eigenvalue weighted by Crippen LogP contribution is -2.49. The number of Topliss-reactive ketones (excluding diaryl/α,β-unsaturated/α-hetero) is 1. The van der Waals surface area contributed by atoms with E-state index >= 15 is 0 Å². The van der Waals surface area contributed by atoms with Crippen molar-refractivity contribution in [3.05, 3.63) is 34.9 Å². The summed E-state index contributed by atoms with van der Waals surface area (Å²) in [6.45, 7) is 1.34. The van der Waals surface area contributed by atoms with Gasteiger partial charge in [0, 0.05) is 35.6 Å². The van der Waals surface area contributed by atoms with Crippen LogP contribution in [0.4, 0.5) is 0 Å². The fourth-order valence-electron chi connectivity index (χ4n) is 5.12. The number of carbonyl (C=O) groups is 2. The Balaban J connectivity index is 1.36. The van der Waals surface area contributed by atoms with Gasteiger partial charge in [-0.2, -0.15) is 0 Å². The first kappa shape index (κ1) is 17.0. The van der Waals surface area contributed by atoms with Crippen molar-refractivity contribution in [3.8, 4) is 0 Å². The summed E-state index contributed by atoms with van der Waals surface area (Å²) in [5.74, 6) is 1.45.